The summed E-state index contributed by atoms with van der Waals surface area (Å²) in [4.78, 5) is 3.94. The molecule has 0 spiro atoms. The molecule has 2 unspecified atom stereocenters. The van der Waals surface area contributed by atoms with E-state index >= 15 is 0 Å². The summed E-state index contributed by atoms with van der Waals surface area (Å²) in [7, 11) is 0. The van der Waals surface area contributed by atoms with Gasteiger partial charge in [-0.3, -0.25) is 0 Å². The maximum Gasteiger partial charge on any atom is 0.0412 e. The first-order valence-corrected chi connectivity index (χ1v) is 8.65. The average molecular weight is 278 g/mol. The summed E-state index contributed by atoms with van der Waals surface area (Å²) in [6.07, 6.45) is 5.87. The molecule has 19 heavy (non-hydrogen) atoms. The minimum Gasteiger partial charge on any atom is -0.366 e. The molecule has 2 rings (SSSR count). The molecule has 1 saturated heterocycles. The second kappa shape index (κ2) is 7.20. The lowest BCUT2D eigenvalue weighted by molar-refractivity contribution is 0.369. The number of rotatable bonds is 5. The molecule has 1 heterocycles. The molecular formula is C16H26N2S. The summed E-state index contributed by atoms with van der Waals surface area (Å²) in [5.41, 5.74) is 1.38. The smallest absolute Gasteiger partial charge is 0.0412 e. The predicted molar refractivity (Wildman–Crippen MR) is 86.3 cm³/mol. The topological polar surface area (TPSA) is 15.3 Å². The third-order valence-electron chi connectivity index (χ3n) is 4.01. The second-order valence-corrected chi connectivity index (χ2v) is 6.19. The number of nitrogens with zero attached hydrogens (tertiary/aromatic N) is 1. The SMILES string of the molecule is CCCC1CN(c2ccc(SC)cc2)C(CC)CN1. The van der Waals surface area contributed by atoms with Gasteiger partial charge in [0.2, 0.25) is 0 Å². The summed E-state index contributed by atoms with van der Waals surface area (Å²) in [5.74, 6) is 0. The Morgan fingerprint density at radius 3 is 2.58 bits per heavy atom. The number of hydrogen-bond acceptors (Lipinski definition) is 3. The Hall–Kier alpha value is -0.670. The minimum absolute atomic E-state index is 0.633. The lowest BCUT2D eigenvalue weighted by Gasteiger charge is -2.42. The molecule has 0 bridgehead atoms. The van der Waals surface area contributed by atoms with E-state index in [9.17, 15) is 0 Å². The third kappa shape index (κ3) is 3.67. The zero-order chi connectivity index (χ0) is 13.7. The van der Waals surface area contributed by atoms with Crippen molar-refractivity contribution in [1.29, 1.82) is 0 Å². The van der Waals surface area contributed by atoms with Gasteiger partial charge < -0.3 is 10.2 Å². The van der Waals surface area contributed by atoms with E-state index in [1.165, 1.54) is 29.8 Å². The van der Waals surface area contributed by atoms with E-state index < -0.39 is 0 Å². The molecule has 1 aliphatic heterocycles. The van der Waals surface area contributed by atoms with Crippen LogP contribution < -0.4 is 10.2 Å². The third-order valence-corrected chi connectivity index (χ3v) is 4.76. The normalized spacial score (nSPS) is 23.6. The van der Waals surface area contributed by atoms with E-state index in [0.29, 0.717) is 12.1 Å². The van der Waals surface area contributed by atoms with E-state index in [0.717, 1.165) is 13.1 Å². The van der Waals surface area contributed by atoms with Crippen LogP contribution in [0.1, 0.15) is 33.1 Å². The highest BCUT2D eigenvalue weighted by molar-refractivity contribution is 7.98. The highest BCUT2D eigenvalue weighted by atomic mass is 32.2. The summed E-state index contributed by atoms with van der Waals surface area (Å²) in [6.45, 7) is 6.82. The Balaban J connectivity index is 2.12. The van der Waals surface area contributed by atoms with Gasteiger partial charge in [0.25, 0.3) is 0 Å². The van der Waals surface area contributed by atoms with Crippen molar-refractivity contribution in [1.82, 2.24) is 5.32 Å². The summed E-state index contributed by atoms with van der Waals surface area (Å²) in [6, 6.07) is 10.3. The first-order chi connectivity index (χ1) is 9.28. The van der Waals surface area contributed by atoms with Gasteiger partial charge in [-0.1, -0.05) is 20.3 Å². The molecular weight excluding hydrogens is 252 g/mol. The summed E-state index contributed by atoms with van der Waals surface area (Å²) < 4.78 is 0. The lowest BCUT2D eigenvalue weighted by Crippen LogP contribution is -2.56. The van der Waals surface area contributed by atoms with Crippen LogP contribution in [0, 0.1) is 0 Å². The zero-order valence-corrected chi connectivity index (χ0v) is 13.2. The molecule has 0 radical (unpaired) electrons. The second-order valence-electron chi connectivity index (χ2n) is 5.31. The van der Waals surface area contributed by atoms with Gasteiger partial charge in [-0.15, -0.1) is 11.8 Å². The van der Waals surface area contributed by atoms with E-state index in [1.807, 2.05) is 11.8 Å². The Kier molecular flexibility index (Phi) is 5.59. The first kappa shape index (κ1) is 14.7. The number of thioether (sulfide) groups is 1. The predicted octanol–water partition coefficient (Wildman–Crippen LogP) is 3.77. The summed E-state index contributed by atoms with van der Waals surface area (Å²) in [5, 5.41) is 3.70. The van der Waals surface area contributed by atoms with Crippen LogP contribution >= 0.6 is 11.8 Å². The van der Waals surface area contributed by atoms with Gasteiger partial charge >= 0.3 is 0 Å². The van der Waals surface area contributed by atoms with Crippen molar-refractivity contribution in [3.8, 4) is 0 Å². The van der Waals surface area contributed by atoms with E-state index in [-0.39, 0.29) is 0 Å². The Bertz CT molecular complexity index is 377. The molecule has 0 aliphatic carbocycles. The number of hydrogen-bond donors (Lipinski definition) is 1. The molecule has 1 aromatic carbocycles. The van der Waals surface area contributed by atoms with Crippen molar-refractivity contribution < 1.29 is 0 Å². The Morgan fingerprint density at radius 1 is 1.26 bits per heavy atom. The molecule has 2 nitrogen and oxygen atoms in total. The Morgan fingerprint density at radius 2 is 2.00 bits per heavy atom. The zero-order valence-electron chi connectivity index (χ0n) is 12.4. The van der Waals surface area contributed by atoms with Gasteiger partial charge in [-0.2, -0.15) is 0 Å². The van der Waals surface area contributed by atoms with Crippen molar-refractivity contribution in [2.45, 2.75) is 50.1 Å². The molecule has 1 N–H and O–H groups in total. The number of nitrogens with one attached hydrogen (secondary N) is 1. The van der Waals surface area contributed by atoms with Gasteiger partial charge in [-0.05, 0) is 43.4 Å². The van der Waals surface area contributed by atoms with Gasteiger partial charge in [0.05, 0.1) is 0 Å². The average Bonchev–Trinajstić information content (AvgIpc) is 2.47. The van der Waals surface area contributed by atoms with E-state index in [1.54, 1.807) is 0 Å². The quantitative estimate of drug-likeness (QED) is 0.826. The fraction of sp³-hybridized carbons (Fsp3) is 0.625. The molecule has 2 atom stereocenters. The summed E-state index contributed by atoms with van der Waals surface area (Å²) >= 11 is 1.81. The highest BCUT2D eigenvalue weighted by Gasteiger charge is 2.26. The monoisotopic (exact) mass is 278 g/mol. The van der Waals surface area contributed by atoms with E-state index in [2.05, 4.69) is 54.6 Å². The van der Waals surface area contributed by atoms with Gasteiger partial charge in [0.15, 0.2) is 0 Å². The minimum atomic E-state index is 0.633. The van der Waals surface area contributed by atoms with Crippen LogP contribution in [0.15, 0.2) is 29.2 Å². The molecule has 1 aromatic rings. The number of benzene rings is 1. The van der Waals surface area contributed by atoms with Crippen LogP contribution in [-0.4, -0.2) is 31.4 Å². The van der Waals surface area contributed by atoms with Gasteiger partial charge in [0.1, 0.15) is 0 Å². The fourth-order valence-corrected chi connectivity index (χ4v) is 3.27. The van der Waals surface area contributed by atoms with Gasteiger partial charge in [-0.25, -0.2) is 0 Å². The number of piperazine rings is 1. The van der Waals surface area contributed by atoms with Crippen LogP contribution in [0.2, 0.25) is 0 Å². The maximum absolute atomic E-state index is 3.70. The van der Waals surface area contributed by atoms with Crippen LogP contribution in [0.4, 0.5) is 5.69 Å². The number of anilines is 1. The molecule has 0 saturated carbocycles. The lowest BCUT2D eigenvalue weighted by atomic mass is 10.0. The molecule has 0 aromatic heterocycles. The van der Waals surface area contributed by atoms with Crippen LogP contribution in [0.25, 0.3) is 0 Å². The van der Waals surface area contributed by atoms with Crippen molar-refractivity contribution in [3.63, 3.8) is 0 Å². The molecule has 3 heteroatoms. The van der Waals surface area contributed by atoms with Crippen molar-refractivity contribution in [2.75, 3.05) is 24.2 Å². The van der Waals surface area contributed by atoms with Crippen molar-refractivity contribution in [3.05, 3.63) is 24.3 Å². The highest BCUT2D eigenvalue weighted by Crippen LogP contribution is 2.25. The van der Waals surface area contributed by atoms with E-state index in [4.69, 9.17) is 0 Å². The molecule has 106 valence electrons. The van der Waals surface area contributed by atoms with Crippen LogP contribution in [-0.2, 0) is 0 Å². The maximum atomic E-state index is 3.70. The van der Waals surface area contributed by atoms with Crippen LogP contribution in [0.3, 0.4) is 0 Å². The Labute approximate surface area is 122 Å². The standard InChI is InChI=1S/C16H26N2S/c1-4-6-13-12-18(14(5-2)11-17-13)15-7-9-16(19-3)10-8-15/h7-10,13-14,17H,4-6,11-12H2,1-3H3. The van der Waals surface area contributed by atoms with Crippen molar-refractivity contribution in [2.24, 2.45) is 0 Å². The van der Waals surface area contributed by atoms with Gasteiger partial charge in [0, 0.05) is 35.8 Å². The van der Waals surface area contributed by atoms with Crippen LogP contribution in [0.5, 0.6) is 0 Å². The fourth-order valence-electron chi connectivity index (χ4n) is 2.86. The molecule has 0 amide bonds. The molecule has 1 fully saturated rings. The van der Waals surface area contributed by atoms with Crippen molar-refractivity contribution >= 4 is 17.4 Å². The molecule has 1 aliphatic rings. The first-order valence-electron chi connectivity index (χ1n) is 7.42. The largest absolute Gasteiger partial charge is 0.366 e.